The van der Waals surface area contributed by atoms with E-state index in [9.17, 15) is 35.7 Å². The van der Waals surface area contributed by atoms with Crippen LogP contribution in [0.1, 0.15) is 141 Å². The van der Waals surface area contributed by atoms with E-state index >= 15 is 0 Å². The smallest absolute Gasteiger partial charge is 0.0523 e. The number of hydrogen-bond acceptors (Lipinski definition) is 7. The first-order chi connectivity index (χ1) is 19.5. The van der Waals surface area contributed by atoms with Crippen LogP contribution < -0.4 is 0 Å². The highest BCUT2D eigenvalue weighted by atomic mass is 16.3. The Morgan fingerprint density at radius 2 is 0.700 bits per heavy atom. The molecule has 1 aliphatic rings. The van der Waals surface area contributed by atoms with Crippen LogP contribution in [-0.4, -0.2) is 82.0 Å². The first kappa shape index (κ1) is 37.7. The maximum atomic E-state index is 10.8. The molecule has 0 aliphatic heterocycles. The number of aliphatic hydroxyl groups is 7. The van der Waals surface area contributed by atoms with Crippen molar-refractivity contribution in [3.63, 3.8) is 0 Å². The second kappa shape index (κ2) is 22.3. The molecule has 0 spiro atoms. The van der Waals surface area contributed by atoms with Gasteiger partial charge in [0, 0.05) is 22.9 Å². The first-order valence-electron chi connectivity index (χ1n) is 16.8. The Morgan fingerprint density at radius 3 is 0.975 bits per heavy atom. The van der Waals surface area contributed by atoms with Crippen molar-refractivity contribution in [3.05, 3.63) is 0 Å². The molecule has 0 amide bonds. The molecule has 0 bridgehead atoms. The number of rotatable bonds is 7. The quantitative estimate of drug-likeness (QED) is 0.224. The van der Waals surface area contributed by atoms with Gasteiger partial charge in [-0.15, -0.1) is 0 Å². The summed E-state index contributed by atoms with van der Waals surface area (Å²) < 4.78 is 0. The molecule has 1 rings (SSSR count). The van der Waals surface area contributed by atoms with Crippen LogP contribution in [-0.2, 0) is 0 Å². The average Bonchev–Trinajstić information content (AvgIpc) is 2.99. The van der Waals surface area contributed by atoms with E-state index in [-0.39, 0.29) is 6.61 Å². The summed E-state index contributed by atoms with van der Waals surface area (Å²) in [5, 5.41) is 74.9. The Kier molecular flexibility index (Phi) is 21.0. The van der Waals surface area contributed by atoms with Crippen molar-refractivity contribution in [2.45, 2.75) is 141 Å². The fourth-order valence-corrected chi connectivity index (χ4v) is 7.56. The van der Waals surface area contributed by atoms with Crippen LogP contribution in [0.25, 0.3) is 0 Å². The van der Waals surface area contributed by atoms with Gasteiger partial charge >= 0.3 is 0 Å². The molecular formula is C33H66O7. The van der Waals surface area contributed by atoms with E-state index in [1.54, 1.807) is 0 Å². The summed E-state index contributed by atoms with van der Waals surface area (Å²) in [5.74, 6) is -0.599. The fourth-order valence-electron chi connectivity index (χ4n) is 7.56. The Bertz CT molecular complexity index is 573. The fraction of sp³-hybridized carbons (Fsp3) is 1.00. The van der Waals surface area contributed by atoms with Crippen LogP contribution in [0, 0.1) is 22.2 Å². The van der Waals surface area contributed by atoms with Gasteiger partial charge in [-0.3, -0.25) is 0 Å². The van der Waals surface area contributed by atoms with Crippen LogP contribution >= 0.6 is 0 Å². The summed E-state index contributed by atoms with van der Waals surface area (Å²) in [5.41, 5.74) is -4.37. The van der Waals surface area contributed by atoms with E-state index in [1.165, 1.54) is 83.5 Å². The minimum absolute atomic E-state index is 0.324. The Balaban J connectivity index is 3.08. The third kappa shape index (κ3) is 10.5. The highest BCUT2D eigenvalue weighted by Crippen LogP contribution is 2.57. The van der Waals surface area contributed by atoms with Crippen LogP contribution in [0.3, 0.4) is 0 Å². The zero-order valence-electron chi connectivity index (χ0n) is 25.7. The molecule has 0 aromatic heterocycles. The summed E-state index contributed by atoms with van der Waals surface area (Å²) in [6, 6.07) is 0. The van der Waals surface area contributed by atoms with Crippen molar-refractivity contribution in [2.24, 2.45) is 22.2 Å². The van der Waals surface area contributed by atoms with E-state index in [0.717, 1.165) is 38.5 Å². The van der Waals surface area contributed by atoms with Gasteiger partial charge in [-0.1, -0.05) is 128 Å². The summed E-state index contributed by atoms with van der Waals surface area (Å²) >= 11 is 0. The van der Waals surface area contributed by atoms with E-state index in [2.05, 4.69) is 0 Å². The van der Waals surface area contributed by atoms with Gasteiger partial charge in [-0.05, 0) is 18.8 Å². The lowest BCUT2D eigenvalue weighted by Crippen LogP contribution is -2.66. The summed E-state index contributed by atoms with van der Waals surface area (Å²) in [4.78, 5) is 0. The zero-order chi connectivity index (χ0) is 29.6. The highest BCUT2D eigenvalue weighted by molar-refractivity contribution is 5.10. The highest BCUT2D eigenvalue weighted by Gasteiger charge is 2.63. The molecule has 0 saturated heterocycles. The van der Waals surface area contributed by atoms with Crippen LogP contribution in [0.4, 0.5) is 0 Å². The van der Waals surface area contributed by atoms with Crippen LogP contribution in [0.5, 0.6) is 0 Å². The van der Waals surface area contributed by atoms with Crippen molar-refractivity contribution in [1.29, 1.82) is 0 Å². The molecule has 40 heavy (non-hydrogen) atoms. The number of hydrogen-bond donors (Lipinski definition) is 7. The van der Waals surface area contributed by atoms with E-state index < -0.39 is 61.8 Å². The van der Waals surface area contributed by atoms with E-state index in [1.807, 2.05) is 0 Å². The number of aliphatic hydroxyl groups excluding tert-OH is 7. The summed E-state index contributed by atoms with van der Waals surface area (Å²) in [6.07, 6.45) is 24.4. The van der Waals surface area contributed by atoms with Gasteiger partial charge in [0.25, 0.3) is 0 Å². The maximum absolute atomic E-state index is 10.8. The lowest BCUT2D eigenvalue weighted by Gasteiger charge is -2.59. The predicted octanol–water partition coefficient (Wildman–Crippen LogP) is 5.10. The maximum Gasteiger partial charge on any atom is 0.0523 e. The monoisotopic (exact) mass is 574 g/mol. The molecule has 7 N–H and O–H groups in total. The Labute approximate surface area is 245 Å². The molecule has 0 radical (unpaired) electrons. The summed E-state index contributed by atoms with van der Waals surface area (Å²) in [7, 11) is 0. The van der Waals surface area contributed by atoms with Gasteiger partial charge in [0.2, 0.25) is 0 Å². The SMILES string of the molecule is OCC1CCCCCCCCCCCCCCCCCCCCCCC(CO)(CO)C(CO)(CO)C1(CO)CO. The van der Waals surface area contributed by atoms with Crippen molar-refractivity contribution < 1.29 is 35.7 Å². The van der Waals surface area contributed by atoms with Crippen LogP contribution in [0.15, 0.2) is 0 Å². The molecule has 1 fully saturated rings. The summed E-state index contributed by atoms with van der Waals surface area (Å²) in [6.45, 7) is -3.70. The van der Waals surface area contributed by atoms with Gasteiger partial charge < -0.3 is 35.7 Å². The lowest BCUT2D eigenvalue weighted by molar-refractivity contribution is -0.234. The molecular weight excluding hydrogens is 508 g/mol. The molecule has 1 saturated carbocycles. The van der Waals surface area contributed by atoms with Gasteiger partial charge in [0.1, 0.15) is 0 Å². The predicted molar refractivity (Wildman–Crippen MR) is 162 cm³/mol. The van der Waals surface area contributed by atoms with Gasteiger partial charge in [0.15, 0.2) is 0 Å². The molecule has 1 aliphatic carbocycles. The largest absolute Gasteiger partial charge is 0.396 e. The first-order valence-corrected chi connectivity index (χ1v) is 16.8. The molecule has 7 nitrogen and oxygen atoms in total. The van der Waals surface area contributed by atoms with Crippen molar-refractivity contribution in [3.8, 4) is 0 Å². The second-order valence-corrected chi connectivity index (χ2v) is 13.0. The van der Waals surface area contributed by atoms with E-state index in [0.29, 0.717) is 19.3 Å². The average molecular weight is 575 g/mol. The van der Waals surface area contributed by atoms with Gasteiger partial charge in [0.05, 0.1) is 39.6 Å². The van der Waals surface area contributed by atoms with Gasteiger partial charge in [-0.2, -0.15) is 0 Å². The Hall–Kier alpha value is -0.280. The standard InChI is InChI=1S/C33H66O7/c34-23-30-21-19-17-15-13-11-9-7-5-3-1-2-4-6-8-10-12-14-16-18-20-22-31(24-35,25-36)33(28-39,29-40)32(30,26-37)27-38/h30,34-40H,1-29H2. The topological polar surface area (TPSA) is 142 Å². The molecule has 1 unspecified atom stereocenters. The normalized spacial score (nSPS) is 25.7. The van der Waals surface area contributed by atoms with Crippen molar-refractivity contribution in [2.75, 3.05) is 46.2 Å². The Morgan fingerprint density at radius 1 is 0.375 bits per heavy atom. The lowest BCUT2D eigenvalue weighted by atomic mass is 9.46. The minimum atomic E-state index is -1.58. The van der Waals surface area contributed by atoms with E-state index in [4.69, 9.17) is 0 Å². The van der Waals surface area contributed by atoms with Crippen molar-refractivity contribution >= 4 is 0 Å². The molecule has 1 atom stereocenters. The third-order valence-corrected chi connectivity index (χ3v) is 10.6. The minimum Gasteiger partial charge on any atom is -0.396 e. The molecule has 0 aromatic rings. The molecule has 0 heterocycles. The van der Waals surface area contributed by atoms with Crippen LogP contribution in [0.2, 0.25) is 0 Å². The molecule has 240 valence electrons. The van der Waals surface area contributed by atoms with Crippen molar-refractivity contribution in [1.82, 2.24) is 0 Å². The molecule has 0 aromatic carbocycles. The second-order valence-electron chi connectivity index (χ2n) is 13.0. The third-order valence-electron chi connectivity index (χ3n) is 10.6. The zero-order valence-corrected chi connectivity index (χ0v) is 25.7. The van der Waals surface area contributed by atoms with Gasteiger partial charge in [-0.25, -0.2) is 0 Å². The molecule has 7 heteroatoms.